The van der Waals surface area contributed by atoms with Crippen LogP contribution in [-0.2, 0) is 0 Å². The van der Waals surface area contributed by atoms with Gasteiger partial charge in [-0.2, -0.15) is 0 Å². The van der Waals surface area contributed by atoms with Gasteiger partial charge in [0, 0.05) is 5.56 Å². The van der Waals surface area contributed by atoms with Gasteiger partial charge in [-0.1, -0.05) is 15.9 Å². The highest BCUT2D eigenvalue weighted by Gasteiger charge is 1.98. The number of hydrogen-bond donors (Lipinski definition) is 1. The molecular formula is C9H9BrO2. The Balaban J connectivity index is 3.08. The van der Waals surface area contributed by atoms with Crippen LogP contribution in [0, 0.1) is 0 Å². The van der Waals surface area contributed by atoms with E-state index in [1.165, 1.54) is 0 Å². The maximum absolute atomic E-state index is 9.33. The molecule has 0 atom stereocenters. The van der Waals surface area contributed by atoms with Crippen LogP contribution in [0.2, 0.25) is 0 Å². The molecule has 64 valence electrons. The number of aromatic hydroxyl groups is 1. The van der Waals surface area contributed by atoms with Gasteiger partial charge >= 0.3 is 0 Å². The summed E-state index contributed by atoms with van der Waals surface area (Å²) in [6.07, 6.45) is 1.75. The van der Waals surface area contributed by atoms with Crippen LogP contribution in [0.3, 0.4) is 0 Å². The molecule has 0 heterocycles. The molecule has 0 radical (unpaired) electrons. The second-order valence-corrected chi connectivity index (χ2v) is 2.75. The Morgan fingerprint density at radius 2 is 2.25 bits per heavy atom. The van der Waals surface area contributed by atoms with E-state index < -0.39 is 0 Å². The van der Waals surface area contributed by atoms with Crippen LogP contribution in [0.15, 0.2) is 23.2 Å². The van der Waals surface area contributed by atoms with Crippen molar-refractivity contribution in [3.8, 4) is 11.5 Å². The summed E-state index contributed by atoms with van der Waals surface area (Å²) in [6.45, 7) is 0. The van der Waals surface area contributed by atoms with Crippen LogP contribution in [-0.4, -0.2) is 12.2 Å². The van der Waals surface area contributed by atoms with Crippen molar-refractivity contribution in [3.63, 3.8) is 0 Å². The fraction of sp³-hybridized carbons (Fsp3) is 0.111. The molecular weight excluding hydrogens is 220 g/mol. The van der Waals surface area contributed by atoms with Crippen molar-refractivity contribution in [1.29, 1.82) is 0 Å². The average molecular weight is 229 g/mol. The second kappa shape index (κ2) is 4.16. The molecule has 3 heteroatoms. The number of methoxy groups -OCH3 is 1. The summed E-state index contributed by atoms with van der Waals surface area (Å²) in [6, 6.07) is 5.06. The van der Waals surface area contributed by atoms with E-state index in [1.54, 1.807) is 36.4 Å². The van der Waals surface area contributed by atoms with Crippen LogP contribution in [0.1, 0.15) is 5.56 Å². The van der Waals surface area contributed by atoms with Crippen molar-refractivity contribution in [2.45, 2.75) is 0 Å². The smallest absolute Gasteiger partial charge is 0.123 e. The summed E-state index contributed by atoms with van der Waals surface area (Å²) in [5, 5.41) is 9.33. The number of hydrogen-bond acceptors (Lipinski definition) is 2. The van der Waals surface area contributed by atoms with Gasteiger partial charge in [-0.15, -0.1) is 0 Å². The van der Waals surface area contributed by atoms with Gasteiger partial charge in [0.15, 0.2) is 0 Å². The minimum absolute atomic E-state index is 0.242. The first-order chi connectivity index (χ1) is 5.77. The molecule has 1 aromatic rings. The molecule has 0 aliphatic rings. The van der Waals surface area contributed by atoms with Gasteiger partial charge in [0.05, 0.1) is 7.11 Å². The van der Waals surface area contributed by atoms with Gasteiger partial charge in [-0.05, 0) is 29.3 Å². The third-order valence-electron chi connectivity index (χ3n) is 1.48. The molecule has 0 unspecified atom stereocenters. The Labute approximate surface area is 79.6 Å². The molecule has 0 aliphatic heterocycles. The summed E-state index contributed by atoms with van der Waals surface area (Å²) in [4.78, 5) is 1.68. The van der Waals surface area contributed by atoms with Crippen LogP contribution >= 0.6 is 15.9 Å². The topological polar surface area (TPSA) is 29.5 Å². The first-order valence-electron chi connectivity index (χ1n) is 3.41. The zero-order chi connectivity index (χ0) is 8.97. The van der Waals surface area contributed by atoms with E-state index in [2.05, 4.69) is 15.9 Å². The van der Waals surface area contributed by atoms with Crippen LogP contribution in [0.25, 0.3) is 6.08 Å². The van der Waals surface area contributed by atoms with Gasteiger partial charge in [0.1, 0.15) is 11.5 Å². The van der Waals surface area contributed by atoms with E-state index in [4.69, 9.17) is 4.74 Å². The SMILES string of the molecule is COc1ccc(O)c(/C=C/Br)c1. The lowest BCUT2D eigenvalue weighted by molar-refractivity contribution is 0.412. The normalized spacial score (nSPS) is 10.5. The van der Waals surface area contributed by atoms with Crippen molar-refractivity contribution in [1.82, 2.24) is 0 Å². The number of rotatable bonds is 2. The lowest BCUT2D eigenvalue weighted by Gasteiger charge is -2.02. The molecule has 0 saturated carbocycles. The van der Waals surface area contributed by atoms with E-state index >= 15 is 0 Å². The van der Waals surface area contributed by atoms with Crippen molar-refractivity contribution in [2.75, 3.05) is 7.11 Å². The number of halogens is 1. The summed E-state index contributed by atoms with van der Waals surface area (Å²) >= 11 is 3.13. The lowest BCUT2D eigenvalue weighted by Crippen LogP contribution is -1.83. The minimum atomic E-state index is 0.242. The van der Waals surface area contributed by atoms with E-state index in [-0.39, 0.29) is 5.75 Å². The standard InChI is InChI=1S/C9H9BrO2/c1-12-8-2-3-9(11)7(6-8)4-5-10/h2-6,11H,1H3/b5-4+. The quantitative estimate of drug-likeness (QED) is 0.844. The predicted octanol–water partition coefficient (Wildman–Crippen LogP) is 2.77. The number of benzene rings is 1. The first-order valence-corrected chi connectivity index (χ1v) is 4.33. The van der Waals surface area contributed by atoms with Crippen molar-refractivity contribution in [3.05, 3.63) is 28.7 Å². The van der Waals surface area contributed by atoms with E-state index in [9.17, 15) is 5.11 Å². The van der Waals surface area contributed by atoms with Crippen molar-refractivity contribution in [2.24, 2.45) is 0 Å². The number of ether oxygens (including phenoxy) is 1. The van der Waals surface area contributed by atoms with Crippen LogP contribution in [0.4, 0.5) is 0 Å². The second-order valence-electron chi connectivity index (χ2n) is 2.22. The van der Waals surface area contributed by atoms with Crippen molar-refractivity contribution < 1.29 is 9.84 Å². The molecule has 0 saturated heterocycles. The highest BCUT2D eigenvalue weighted by molar-refractivity contribution is 9.11. The third-order valence-corrected chi connectivity index (χ3v) is 1.74. The minimum Gasteiger partial charge on any atom is -0.507 e. The Kier molecular flexibility index (Phi) is 3.17. The zero-order valence-electron chi connectivity index (χ0n) is 6.62. The molecule has 2 nitrogen and oxygen atoms in total. The van der Waals surface area contributed by atoms with Gasteiger partial charge in [0.25, 0.3) is 0 Å². The predicted molar refractivity (Wildman–Crippen MR) is 52.6 cm³/mol. The van der Waals surface area contributed by atoms with Gasteiger partial charge in [0.2, 0.25) is 0 Å². The maximum Gasteiger partial charge on any atom is 0.123 e. The first kappa shape index (κ1) is 9.13. The third kappa shape index (κ3) is 2.01. The summed E-state index contributed by atoms with van der Waals surface area (Å²) in [7, 11) is 1.59. The van der Waals surface area contributed by atoms with E-state index in [0.717, 1.165) is 11.3 Å². The fourth-order valence-electron chi connectivity index (χ4n) is 0.861. The largest absolute Gasteiger partial charge is 0.507 e. The van der Waals surface area contributed by atoms with Gasteiger partial charge in [-0.25, -0.2) is 0 Å². The van der Waals surface area contributed by atoms with E-state index in [0.29, 0.717) is 0 Å². The highest BCUT2D eigenvalue weighted by Crippen LogP contribution is 2.24. The summed E-state index contributed by atoms with van der Waals surface area (Å²) in [5.41, 5.74) is 0.728. The van der Waals surface area contributed by atoms with Gasteiger partial charge < -0.3 is 9.84 Å². The monoisotopic (exact) mass is 228 g/mol. The summed E-state index contributed by atoms with van der Waals surface area (Å²) < 4.78 is 5.00. The number of phenolic OH excluding ortho intramolecular Hbond substituents is 1. The lowest BCUT2D eigenvalue weighted by atomic mass is 10.2. The Morgan fingerprint density at radius 3 is 2.83 bits per heavy atom. The molecule has 0 aromatic heterocycles. The highest BCUT2D eigenvalue weighted by atomic mass is 79.9. The Hall–Kier alpha value is -0.960. The fourth-order valence-corrected chi connectivity index (χ4v) is 1.15. The molecule has 0 amide bonds. The van der Waals surface area contributed by atoms with E-state index in [1.807, 2.05) is 0 Å². The molecule has 1 rings (SSSR count). The maximum atomic E-state index is 9.33. The molecule has 12 heavy (non-hydrogen) atoms. The molecule has 1 aromatic carbocycles. The van der Waals surface area contributed by atoms with Crippen molar-refractivity contribution >= 4 is 22.0 Å². The average Bonchev–Trinajstić information content (AvgIpc) is 2.09. The molecule has 0 aliphatic carbocycles. The van der Waals surface area contributed by atoms with Gasteiger partial charge in [-0.3, -0.25) is 0 Å². The molecule has 1 N–H and O–H groups in total. The Morgan fingerprint density at radius 1 is 1.50 bits per heavy atom. The van der Waals surface area contributed by atoms with Crippen LogP contribution < -0.4 is 4.74 Å². The number of phenols is 1. The molecule has 0 spiro atoms. The molecule has 0 fully saturated rings. The Bertz CT molecular complexity index is 295. The zero-order valence-corrected chi connectivity index (χ0v) is 8.21. The summed E-state index contributed by atoms with van der Waals surface area (Å²) in [5.74, 6) is 0.972. The molecule has 0 bridgehead atoms. The van der Waals surface area contributed by atoms with Crippen LogP contribution in [0.5, 0.6) is 11.5 Å².